The SMILES string of the molecule is COCCN(c1ccccc1CN)C(C)C1CC1. The summed E-state index contributed by atoms with van der Waals surface area (Å²) in [6, 6.07) is 9.02. The Morgan fingerprint density at radius 2 is 2.11 bits per heavy atom. The summed E-state index contributed by atoms with van der Waals surface area (Å²) >= 11 is 0. The lowest BCUT2D eigenvalue weighted by Crippen LogP contribution is -2.38. The third kappa shape index (κ3) is 3.03. The van der Waals surface area contributed by atoms with Crippen molar-refractivity contribution in [3.05, 3.63) is 29.8 Å². The van der Waals surface area contributed by atoms with E-state index >= 15 is 0 Å². The summed E-state index contributed by atoms with van der Waals surface area (Å²) in [4.78, 5) is 2.46. The number of ether oxygens (including phenoxy) is 1. The van der Waals surface area contributed by atoms with Gasteiger partial charge in [0.15, 0.2) is 0 Å². The van der Waals surface area contributed by atoms with Gasteiger partial charge in [-0.2, -0.15) is 0 Å². The highest BCUT2D eigenvalue weighted by molar-refractivity contribution is 5.54. The van der Waals surface area contributed by atoms with Crippen LogP contribution in [0.1, 0.15) is 25.3 Å². The second-order valence-corrected chi connectivity index (χ2v) is 5.10. The summed E-state index contributed by atoms with van der Waals surface area (Å²) < 4.78 is 5.24. The highest BCUT2D eigenvalue weighted by Gasteiger charge is 2.32. The molecule has 1 saturated carbocycles. The van der Waals surface area contributed by atoms with Crippen molar-refractivity contribution in [2.45, 2.75) is 32.4 Å². The van der Waals surface area contributed by atoms with Crippen LogP contribution in [-0.4, -0.2) is 26.3 Å². The summed E-state index contributed by atoms with van der Waals surface area (Å²) in [7, 11) is 1.76. The minimum absolute atomic E-state index is 0.577. The Kier molecular flexibility index (Phi) is 4.61. The van der Waals surface area contributed by atoms with E-state index in [2.05, 4.69) is 36.1 Å². The van der Waals surface area contributed by atoms with Crippen LogP contribution in [0.5, 0.6) is 0 Å². The van der Waals surface area contributed by atoms with Gasteiger partial charge in [-0.25, -0.2) is 0 Å². The number of hydrogen-bond donors (Lipinski definition) is 1. The van der Waals surface area contributed by atoms with Gasteiger partial charge >= 0.3 is 0 Å². The fraction of sp³-hybridized carbons (Fsp3) is 0.600. The second-order valence-electron chi connectivity index (χ2n) is 5.10. The first kappa shape index (κ1) is 13.4. The molecular weight excluding hydrogens is 224 g/mol. The highest BCUT2D eigenvalue weighted by Crippen LogP contribution is 2.37. The predicted octanol–water partition coefficient (Wildman–Crippen LogP) is 2.40. The summed E-state index contributed by atoms with van der Waals surface area (Å²) in [5.74, 6) is 0.840. The van der Waals surface area contributed by atoms with E-state index < -0.39 is 0 Å². The molecule has 1 unspecified atom stereocenters. The van der Waals surface area contributed by atoms with Crippen molar-refractivity contribution in [2.75, 3.05) is 25.2 Å². The lowest BCUT2D eigenvalue weighted by Gasteiger charge is -2.33. The maximum Gasteiger partial charge on any atom is 0.0637 e. The van der Waals surface area contributed by atoms with Gasteiger partial charge in [0, 0.05) is 31.9 Å². The molecule has 0 spiro atoms. The Hall–Kier alpha value is -1.06. The molecule has 2 rings (SSSR count). The topological polar surface area (TPSA) is 38.5 Å². The van der Waals surface area contributed by atoms with Gasteiger partial charge in [-0.15, -0.1) is 0 Å². The maximum atomic E-state index is 5.85. The highest BCUT2D eigenvalue weighted by atomic mass is 16.5. The average molecular weight is 248 g/mol. The molecule has 0 heterocycles. The maximum absolute atomic E-state index is 5.85. The molecule has 1 atom stereocenters. The van der Waals surface area contributed by atoms with E-state index in [9.17, 15) is 0 Å². The Bertz CT molecular complexity index is 377. The lowest BCUT2D eigenvalue weighted by molar-refractivity contribution is 0.202. The summed E-state index contributed by atoms with van der Waals surface area (Å²) in [6.07, 6.45) is 2.71. The van der Waals surface area contributed by atoms with Crippen LogP contribution in [0.2, 0.25) is 0 Å². The van der Waals surface area contributed by atoms with Gasteiger partial charge in [0.25, 0.3) is 0 Å². The first-order valence-electron chi connectivity index (χ1n) is 6.81. The predicted molar refractivity (Wildman–Crippen MR) is 75.7 cm³/mol. The van der Waals surface area contributed by atoms with Gasteiger partial charge in [-0.1, -0.05) is 18.2 Å². The van der Waals surface area contributed by atoms with Crippen LogP contribution >= 0.6 is 0 Å². The number of anilines is 1. The van der Waals surface area contributed by atoms with Crippen LogP contribution in [0.15, 0.2) is 24.3 Å². The zero-order valence-corrected chi connectivity index (χ0v) is 11.4. The van der Waals surface area contributed by atoms with E-state index in [0.717, 1.165) is 19.1 Å². The lowest BCUT2D eigenvalue weighted by atomic mass is 10.1. The molecule has 1 aliphatic rings. The number of methoxy groups -OCH3 is 1. The Morgan fingerprint density at radius 3 is 2.72 bits per heavy atom. The largest absolute Gasteiger partial charge is 0.383 e. The summed E-state index contributed by atoms with van der Waals surface area (Å²) in [5.41, 5.74) is 8.35. The fourth-order valence-corrected chi connectivity index (χ4v) is 2.53. The van der Waals surface area contributed by atoms with E-state index in [1.165, 1.54) is 24.1 Å². The molecule has 0 bridgehead atoms. The molecular formula is C15H24N2O. The standard InChI is InChI=1S/C15H24N2O/c1-12(13-7-8-13)17(9-10-18-2)15-6-4-3-5-14(15)11-16/h3-6,12-13H,7-11,16H2,1-2H3. The number of para-hydroxylation sites is 1. The van der Waals surface area contributed by atoms with Crippen molar-refractivity contribution < 1.29 is 4.74 Å². The van der Waals surface area contributed by atoms with Gasteiger partial charge in [0.05, 0.1) is 6.61 Å². The van der Waals surface area contributed by atoms with Gasteiger partial charge in [0.1, 0.15) is 0 Å². The van der Waals surface area contributed by atoms with Crippen LogP contribution in [0.25, 0.3) is 0 Å². The summed E-state index contributed by atoms with van der Waals surface area (Å²) in [5, 5.41) is 0. The average Bonchev–Trinajstić information content (AvgIpc) is 3.23. The number of rotatable bonds is 7. The van der Waals surface area contributed by atoms with E-state index in [1.54, 1.807) is 7.11 Å². The smallest absolute Gasteiger partial charge is 0.0637 e. The monoisotopic (exact) mass is 248 g/mol. The van der Waals surface area contributed by atoms with Crippen molar-refractivity contribution in [2.24, 2.45) is 11.7 Å². The molecule has 1 aromatic rings. The van der Waals surface area contributed by atoms with Crippen molar-refractivity contribution in [1.82, 2.24) is 0 Å². The van der Waals surface area contributed by atoms with Crippen LogP contribution in [0, 0.1) is 5.92 Å². The second kappa shape index (κ2) is 6.21. The van der Waals surface area contributed by atoms with E-state index in [0.29, 0.717) is 12.6 Å². The molecule has 0 amide bonds. The van der Waals surface area contributed by atoms with E-state index in [-0.39, 0.29) is 0 Å². The Morgan fingerprint density at radius 1 is 1.39 bits per heavy atom. The molecule has 0 aromatic heterocycles. The molecule has 0 saturated heterocycles. The van der Waals surface area contributed by atoms with Gasteiger partial charge < -0.3 is 15.4 Å². The molecule has 3 heteroatoms. The minimum atomic E-state index is 0.577. The van der Waals surface area contributed by atoms with Crippen molar-refractivity contribution in [1.29, 1.82) is 0 Å². The van der Waals surface area contributed by atoms with Crippen molar-refractivity contribution >= 4 is 5.69 Å². The third-order valence-electron chi connectivity index (χ3n) is 3.85. The molecule has 1 aliphatic carbocycles. The molecule has 3 nitrogen and oxygen atoms in total. The molecule has 0 aliphatic heterocycles. The van der Waals surface area contributed by atoms with Gasteiger partial charge in [-0.05, 0) is 37.3 Å². The first-order chi connectivity index (χ1) is 8.77. The van der Waals surface area contributed by atoms with Gasteiger partial charge in [0.2, 0.25) is 0 Å². The number of benzene rings is 1. The minimum Gasteiger partial charge on any atom is -0.383 e. The van der Waals surface area contributed by atoms with Crippen molar-refractivity contribution in [3.63, 3.8) is 0 Å². The zero-order chi connectivity index (χ0) is 13.0. The van der Waals surface area contributed by atoms with Crippen LogP contribution < -0.4 is 10.6 Å². The van der Waals surface area contributed by atoms with Crippen LogP contribution in [0.4, 0.5) is 5.69 Å². The number of hydrogen-bond acceptors (Lipinski definition) is 3. The molecule has 0 radical (unpaired) electrons. The van der Waals surface area contributed by atoms with Crippen LogP contribution in [-0.2, 0) is 11.3 Å². The third-order valence-corrected chi connectivity index (χ3v) is 3.85. The Balaban J connectivity index is 2.20. The van der Waals surface area contributed by atoms with Crippen molar-refractivity contribution in [3.8, 4) is 0 Å². The molecule has 1 fully saturated rings. The van der Waals surface area contributed by atoms with Crippen LogP contribution in [0.3, 0.4) is 0 Å². The van der Waals surface area contributed by atoms with E-state index in [4.69, 9.17) is 10.5 Å². The number of nitrogens with zero attached hydrogens (tertiary/aromatic N) is 1. The van der Waals surface area contributed by atoms with Gasteiger partial charge in [-0.3, -0.25) is 0 Å². The normalized spacial score (nSPS) is 16.6. The Labute approximate surface area is 110 Å². The molecule has 100 valence electrons. The zero-order valence-electron chi connectivity index (χ0n) is 11.4. The molecule has 2 N–H and O–H groups in total. The quantitative estimate of drug-likeness (QED) is 0.805. The summed E-state index contributed by atoms with van der Waals surface area (Å²) in [6.45, 7) is 4.61. The number of nitrogens with two attached hydrogens (primary N) is 1. The molecule has 1 aromatic carbocycles. The molecule has 18 heavy (non-hydrogen) atoms. The fourth-order valence-electron chi connectivity index (χ4n) is 2.53. The first-order valence-corrected chi connectivity index (χ1v) is 6.81. The van der Waals surface area contributed by atoms with E-state index in [1.807, 2.05) is 0 Å².